The lowest BCUT2D eigenvalue weighted by molar-refractivity contribution is -0.127. The molecule has 1 aromatic rings. The first-order valence-electron chi connectivity index (χ1n) is 5.77. The fourth-order valence-electron chi connectivity index (χ4n) is 1.82. The maximum absolute atomic E-state index is 11.9. The summed E-state index contributed by atoms with van der Waals surface area (Å²) in [5.74, 6) is 3.10. The molecule has 5 heteroatoms. The number of carbonyl (C=O) groups is 1. The Morgan fingerprint density at radius 2 is 2.35 bits per heavy atom. The molecule has 1 unspecified atom stereocenters. The molecule has 1 fully saturated rings. The van der Waals surface area contributed by atoms with Crippen LogP contribution in [-0.4, -0.2) is 34.6 Å². The molecule has 1 aliphatic heterocycles. The van der Waals surface area contributed by atoms with Crippen LogP contribution in [0.25, 0.3) is 0 Å². The van der Waals surface area contributed by atoms with Gasteiger partial charge in [0, 0.05) is 22.1 Å². The lowest BCUT2D eigenvalue weighted by atomic mass is 10.4. The third kappa shape index (κ3) is 3.20. The third-order valence-corrected chi connectivity index (χ3v) is 5.97. The minimum Gasteiger partial charge on any atom is -0.324 e. The standard InChI is InChI=1S/C12H17NOS3/c1-3-15-7-6-13-11(14)8-16-12(13)10-5-4-9(2)17-10/h4-5,12H,3,6-8H2,1-2H3. The van der Waals surface area contributed by atoms with Crippen molar-refractivity contribution in [3.05, 3.63) is 21.9 Å². The van der Waals surface area contributed by atoms with Crippen molar-refractivity contribution < 1.29 is 4.79 Å². The monoisotopic (exact) mass is 287 g/mol. The summed E-state index contributed by atoms with van der Waals surface area (Å²) in [5.41, 5.74) is 0. The van der Waals surface area contributed by atoms with Crippen molar-refractivity contribution in [2.24, 2.45) is 0 Å². The first-order chi connectivity index (χ1) is 8.22. The van der Waals surface area contributed by atoms with E-state index in [2.05, 4.69) is 26.0 Å². The average molecular weight is 287 g/mol. The molecule has 0 aliphatic carbocycles. The largest absolute Gasteiger partial charge is 0.324 e. The maximum atomic E-state index is 11.9. The molecule has 1 saturated heterocycles. The van der Waals surface area contributed by atoms with Crippen molar-refractivity contribution >= 4 is 40.8 Å². The van der Waals surface area contributed by atoms with Crippen LogP contribution in [0, 0.1) is 6.92 Å². The van der Waals surface area contributed by atoms with Gasteiger partial charge in [-0.1, -0.05) is 6.92 Å². The van der Waals surface area contributed by atoms with Gasteiger partial charge in [-0.05, 0) is 24.8 Å². The highest BCUT2D eigenvalue weighted by Crippen LogP contribution is 2.41. The van der Waals surface area contributed by atoms with Crippen LogP contribution in [0.15, 0.2) is 12.1 Å². The quantitative estimate of drug-likeness (QED) is 0.774. The molecule has 2 nitrogen and oxygen atoms in total. The Bertz CT molecular complexity index is 391. The normalized spacial score (nSPS) is 20.2. The summed E-state index contributed by atoms with van der Waals surface area (Å²) in [5, 5.41) is 0.263. The van der Waals surface area contributed by atoms with Gasteiger partial charge in [0.2, 0.25) is 5.91 Å². The van der Waals surface area contributed by atoms with Crippen molar-refractivity contribution in [3.8, 4) is 0 Å². The molecule has 94 valence electrons. The highest BCUT2D eigenvalue weighted by atomic mass is 32.2. The van der Waals surface area contributed by atoms with Crippen LogP contribution < -0.4 is 0 Å². The van der Waals surface area contributed by atoms with Gasteiger partial charge < -0.3 is 4.90 Å². The lowest BCUT2D eigenvalue weighted by Gasteiger charge is -2.22. The Morgan fingerprint density at radius 3 is 3.00 bits per heavy atom. The average Bonchev–Trinajstić information content (AvgIpc) is 2.87. The molecule has 0 aromatic carbocycles. The summed E-state index contributed by atoms with van der Waals surface area (Å²) in [6.45, 7) is 5.16. The minimum absolute atomic E-state index is 0.263. The molecule has 1 atom stereocenters. The molecule has 17 heavy (non-hydrogen) atoms. The molecule has 1 amide bonds. The molecule has 0 saturated carbocycles. The van der Waals surface area contributed by atoms with Crippen molar-refractivity contribution in [1.29, 1.82) is 0 Å². The van der Waals surface area contributed by atoms with E-state index in [4.69, 9.17) is 0 Å². The van der Waals surface area contributed by atoms with Crippen LogP contribution >= 0.6 is 34.9 Å². The molecular formula is C12H17NOS3. The smallest absolute Gasteiger partial charge is 0.233 e. The second-order valence-corrected chi connectivity index (χ2v) is 7.68. The van der Waals surface area contributed by atoms with E-state index in [1.807, 2.05) is 28.0 Å². The predicted octanol–water partition coefficient (Wildman–Crippen LogP) is 3.38. The van der Waals surface area contributed by atoms with Gasteiger partial charge in [-0.15, -0.1) is 23.1 Å². The van der Waals surface area contributed by atoms with Crippen LogP contribution in [0.5, 0.6) is 0 Å². The zero-order valence-corrected chi connectivity index (χ0v) is 12.6. The Balaban J connectivity index is 2.03. The SMILES string of the molecule is CCSCCN1C(=O)CSC1c1ccc(C)s1. The van der Waals surface area contributed by atoms with Crippen molar-refractivity contribution in [2.45, 2.75) is 19.2 Å². The van der Waals surface area contributed by atoms with Gasteiger partial charge in [-0.2, -0.15) is 11.8 Å². The van der Waals surface area contributed by atoms with Crippen molar-refractivity contribution in [2.75, 3.05) is 23.8 Å². The van der Waals surface area contributed by atoms with Crippen LogP contribution in [0.1, 0.15) is 22.1 Å². The van der Waals surface area contributed by atoms with Crippen LogP contribution in [0.2, 0.25) is 0 Å². The summed E-state index contributed by atoms with van der Waals surface area (Å²) in [4.78, 5) is 16.5. The van der Waals surface area contributed by atoms with Gasteiger partial charge in [-0.3, -0.25) is 4.79 Å². The molecule has 2 rings (SSSR count). The molecular weight excluding hydrogens is 270 g/mol. The third-order valence-electron chi connectivity index (χ3n) is 2.65. The molecule has 0 bridgehead atoms. The number of thiophene rings is 1. The summed E-state index contributed by atoms with van der Waals surface area (Å²) in [7, 11) is 0. The van der Waals surface area contributed by atoms with E-state index in [-0.39, 0.29) is 5.37 Å². The van der Waals surface area contributed by atoms with E-state index < -0.39 is 0 Å². The second kappa shape index (κ2) is 6.16. The van der Waals surface area contributed by atoms with E-state index in [1.54, 1.807) is 11.8 Å². The molecule has 0 spiro atoms. The zero-order valence-electron chi connectivity index (χ0n) is 10.1. The Labute approximate surface area is 115 Å². The first-order valence-corrected chi connectivity index (χ1v) is 8.79. The summed E-state index contributed by atoms with van der Waals surface area (Å²) in [6, 6.07) is 4.30. The predicted molar refractivity (Wildman–Crippen MR) is 79.0 cm³/mol. The Kier molecular flexibility index (Phi) is 4.82. The number of rotatable bonds is 5. The second-order valence-electron chi connectivity index (χ2n) is 3.90. The fourth-order valence-corrected chi connectivity index (χ4v) is 4.77. The number of hydrogen-bond acceptors (Lipinski definition) is 4. The number of amides is 1. The van der Waals surface area contributed by atoms with Gasteiger partial charge >= 0.3 is 0 Å². The summed E-state index contributed by atoms with van der Waals surface area (Å²) in [6.07, 6.45) is 0. The number of nitrogens with zero attached hydrogens (tertiary/aromatic N) is 1. The number of hydrogen-bond donors (Lipinski definition) is 0. The van der Waals surface area contributed by atoms with Crippen molar-refractivity contribution in [1.82, 2.24) is 4.90 Å². The van der Waals surface area contributed by atoms with Gasteiger partial charge in [0.15, 0.2) is 0 Å². The Morgan fingerprint density at radius 1 is 1.53 bits per heavy atom. The molecule has 1 aromatic heterocycles. The van der Waals surface area contributed by atoms with E-state index in [0.717, 1.165) is 18.1 Å². The number of aryl methyl sites for hydroxylation is 1. The molecule has 0 radical (unpaired) electrons. The highest BCUT2D eigenvalue weighted by molar-refractivity contribution is 8.00. The van der Waals surface area contributed by atoms with Crippen LogP contribution in [-0.2, 0) is 4.79 Å². The summed E-state index contributed by atoms with van der Waals surface area (Å²) >= 11 is 5.47. The van der Waals surface area contributed by atoms with Crippen molar-refractivity contribution in [3.63, 3.8) is 0 Å². The minimum atomic E-state index is 0.263. The molecule has 1 aliphatic rings. The fraction of sp³-hybridized carbons (Fsp3) is 0.583. The van der Waals surface area contributed by atoms with Gasteiger partial charge in [0.05, 0.1) is 5.75 Å². The highest BCUT2D eigenvalue weighted by Gasteiger charge is 2.32. The maximum Gasteiger partial charge on any atom is 0.233 e. The Hall–Kier alpha value is -0.130. The van der Waals surface area contributed by atoms with E-state index in [1.165, 1.54) is 9.75 Å². The van der Waals surface area contributed by atoms with Gasteiger partial charge in [-0.25, -0.2) is 0 Å². The van der Waals surface area contributed by atoms with E-state index >= 15 is 0 Å². The zero-order chi connectivity index (χ0) is 12.3. The molecule has 0 N–H and O–H groups in total. The molecule has 2 heterocycles. The van der Waals surface area contributed by atoms with Gasteiger partial charge in [0.1, 0.15) is 5.37 Å². The van der Waals surface area contributed by atoms with Gasteiger partial charge in [0.25, 0.3) is 0 Å². The first kappa shape index (κ1) is 13.3. The van der Waals surface area contributed by atoms with E-state index in [0.29, 0.717) is 11.7 Å². The van der Waals surface area contributed by atoms with Crippen LogP contribution in [0.3, 0.4) is 0 Å². The van der Waals surface area contributed by atoms with E-state index in [9.17, 15) is 4.79 Å². The summed E-state index contributed by atoms with van der Waals surface area (Å²) < 4.78 is 0. The number of carbonyl (C=O) groups excluding carboxylic acids is 1. The number of thioether (sulfide) groups is 2. The lowest BCUT2D eigenvalue weighted by Crippen LogP contribution is -2.30. The van der Waals surface area contributed by atoms with Crippen LogP contribution in [0.4, 0.5) is 0 Å². The topological polar surface area (TPSA) is 20.3 Å².